The highest BCUT2D eigenvalue weighted by molar-refractivity contribution is 6.43. The molecule has 1 aromatic heterocycles. The lowest BCUT2D eigenvalue weighted by atomic mass is 10.2. The molecule has 0 saturated carbocycles. The Morgan fingerprint density at radius 2 is 1.90 bits per heavy atom. The van der Waals surface area contributed by atoms with Crippen LogP contribution < -0.4 is 20.7 Å². The predicted octanol–water partition coefficient (Wildman–Crippen LogP) is 3.67. The molecule has 0 bridgehead atoms. The summed E-state index contributed by atoms with van der Waals surface area (Å²) in [5.74, 6) is 1.11. The maximum absolute atomic E-state index is 6.35. The van der Waals surface area contributed by atoms with Crippen molar-refractivity contribution in [3.8, 4) is 5.88 Å². The second-order valence-electron chi connectivity index (χ2n) is 7.18. The molecule has 2 heterocycles. The number of benzene rings is 1. The number of aromatic nitrogens is 1. The minimum absolute atomic E-state index is 0.523. The summed E-state index contributed by atoms with van der Waals surface area (Å²) in [5.41, 5.74) is 7.96. The van der Waals surface area contributed by atoms with Crippen molar-refractivity contribution in [1.29, 1.82) is 0 Å². The van der Waals surface area contributed by atoms with Crippen molar-refractivity contribution < 1.29 is 4.74 Å². The molecule has 3 N–H and O–H groups in total. The molecular weight excluding hydrogens is 409 g/mol. The predicted molar refractivity (Wildman–Crippen MR) is 121 cm³/mol. The number of rotatable bonds is 9. The van der Waals surface area contributed by atoms with E-state index in [9.17, 15) is 0 Å². The Morgan fingerprint density at radius 3 is 2.62 bits per heavy atom. The Morgan fingerprint density at radius 1 is 1.10 bits per heavy atom. The summed E-state index contributed by atoms with van der Waals surface area (Å²) in [6.07, 6.45) is 2.07. The average molecular weight is 438 g/mol. The number of anilines is 2. The van der Waals surface area contributed by atoms with Gasteiger partial charge < -0.3 is 20.7 Å². The molecule has 8 heteroatoms. The molecule has 1 aromatic carbocycles. The second-order valence-corrected chi connectivity index (χ2v) is 7.97. The number of nitrogen functional groups attached to an aromatic ring is 1. The van der Waals surface area contributed by atoms with Gasteiger partial charge in [-0.25, -0.2) is 0 Å². The topological polar surface area (TPSA) is 66.7 Å². The van der Waals surface area contributed by atoms with Crippen LogP contribution in [0.4, 0.5) is 11.5 Å². The summed E-state index contributed by atoms with van der Waals surface area (Å²) < 4.78 is 5.74. The molecule has 3 rings (SSSR count). The molecule has 1 fully saturated rings. The van der Waals surface area contributed by atoms with E-state index >= 15 is 0 Å². The first-order valence-corrected chi connectivity index (χ1v) is 10.8. The zero-order valence-electron chi connectivity index (χ0n) is 16.8. The number of nitrogens with one attached hydrogen (secondary N) is 1. The summed E-state index contributed by atoms with van der Waals surface area (Å²) in [7, 11) is 1.89. The van der Waals surface area contributed by atoms with Crippen LogP contribution in [-0.2, 0) is 6.54 Å². The number of unbranched alkanes of at least 4 members (excludes halogenated alkanes) is 1. The lowest BCUT2D eigenvalue weighted by Gasteiger charge is -2.36. The summed E-state index contributed by atoms with van der Waals surface area (Å²) >= 11 is 12.5. The van der Waals surface area contributed by atoms with Gasteiger partial charge in [-0.1, -0.05) is 29.3 Å². The largest absolute Gasteiger partial charge is 0.478 e. The molecule has 0 atom stereocenters. The van der Waals surface area contributed by atoms with Gasteiger partial charge in [0.15, 0.2) is 0 Å². The van der Waals surface area contributed by atoms with E-state index in [1.165, 1.54) is 0 Å². The minimum atomic E-state index is 0.523. The van der Waals surface area contributed by atoms with Gasteiger partial charge in [-0.05, 0) is 44.6 Å². The zero-order valence-corrected chi connectivity index (χ0v) is 18.3. The summed E-state index contributed by atoms with van der Waals surface area (Å²) in [4.78, 5) is 9.10. The van der Waals surface area contributed by atoms with Crippen LogP contribution in [0.15, 0.2) is 30.3 Å². The van der Waals surface area contributed by atoms with Gasteiger partial charge in [0.25, 0.3) is 0 Å². The highest BCUT2D eigenvalue weighted by Crippen LogP contribution is 2.32. The van der Waals surface area contributed by atoms with Crippen LogP contribution in [0.2, 0.25) is 10.0 Å². The molecule has 6 nitrogen and oxygen atoms in total. The first kappa shape index (κ1) is 22.0. The number of halogens is 2. The van der Waals surface area contributed by atoms with Crippen LogP contribution in [0.5, 0.6) is 5.88 Å². The van der Waals surface area contributed by atoms with E-state index in [4.69, 9.17) is 33.7 Å². The lowest BCUT2D eigenvalue weighted by Crippen LogP contribution is -2.46. The molecule has 0 radical (unpaired) electrons. The molecule has 1 aliphatic heterocycles. The number of nitrogens with zero attached hydrogens (tertiary/aromatic N) is 3. The van der Waals surface area contributed by atoms with Gasteiger partial charge in [0.05, 0.1) is 22.3 Å². The van der Waals surface area contributed by atoms with E-state index < -0.39 is 0 Å². The van der Waals surface area contributed by atoms with Crippen LogP contribution in [0.3, 0.4) is 0 Å². The number of hydrogen-bond acceptors (Lipinski definition) is 6. The van der Waals surface area contributed by atoms with Crippen LogP contribution in [0, 0.1) is 0 Å². The number of pyridine rings is 1. The quantitative estimate of drug-likeness (QED) is 0.583. The van der Waals surface area contributed by atoms with Crippen molar-refractivity contribution in [1.82, 2.24) is 15.2 Å². The standard InChI is InChI=1S/C21H29Cl2N5O/c1-25-15-16-7-8-19(26-21(16)24)29-14-3-2-9-27-10-12-28(13-11-27)18-6-4-5-17(22)20(18)23/h4-8,25H,2-3,9-15H2,1H3,(H2,24,26). The fourth-order valence-electron chi connectivity index (χ4n) is 3.47. The Hall–Kier alpha value is -1.73. The highest BCUT2D eigenvalue weighted by Gasteiger charge is 2.19. The Labute approximate surface area is 182 Å². The Bertz CT molecular complexity index is 797. The van der Waals surface area contributed by atoms with E-state index in [2.05, 4.69) is 20.1 Å². The van der Waals surface area contributed by atoms with Gasteiger partial charge in [0, 0.05) is 44.4 Å². The Kier molecular flexibility index (Phi) is 8.24. The van der Waals surface area contributed by atoms with Crippen LogP contribution in [0.25, 0.3) is 0 Å². The van der Waals surface area contributed by atoms with Crippen LogP contribution in [-0.4, -0.2) is 56.3 Å². The zero-order chi connectivity index (χ0) is 20.6. The molecule has 0 unspecified atom stereocenters. The minimum Gasteiger partial charge on any atom is -0.478 e. The van der Waals surface area contributed by atoms with Crippen molar-refractivity contribution in [3.63, 3.8) is 0 Å². The lowest BCUT2D eigenvalue weighted by molar-refractivity contribution is 0.236. The molecule has 158 valence electrons. The van der Waals surface area contributed by atoms with E-state index in [0.29, 0.717) is 34.9 Å². The fourth-order valence-corrected chi connectivity index (χ4v) is 3.88. The first-order chi connectivity index (χ1) is 14.1. The second kappa shape index (κ2) is 10.9. The average Bonchev–Trinajstić information content (AvgIpc) is 2.72. The Balaban J connectivity index is 1.34. The van der Waals surface area contributed by atoms with Gasteiger partial charge >= 0.3 is 0 Å². The first-order valence-electron chi connectivity index (χ1n) is 10.0. The van der Waals surface area contributed by atoms with Crippen LogP contribution >= 0.6 is 23.2 Å². The van der Waals surface area contributed by atoms with E-state index in [0.717, 1.165) is 56.8 Å². The van der Waals surface area contributed by atoms with Gasteiger partial charge in [-0.3, -0.25) is 4.90 Å². The maximum atomic E-state index is 6.35. The van der Waals surface area contributed by atoms with Crippen LogP contribution in [0.1, 0.15) is 18.4 Å². The molecule has 2 aromatic rings. The normalized spacial score (nSPS) is 14.9. The third-order valence-electron chi connectivity index (χ3n) is 5.12. The number of ether oxygens (including phenoxy) is 1. The highest BCUT2D eigenvalue weighted by atomic mass is 35.5. The molecule has 0 amide bonds. The van der Waals surface area contributed by atoms with E-state index in [1.54, 1.807) is 0 Å². The number of nitrogens with two attached hydrogens (primary N) is 1. The molecule has 29 heavy (non-hydrogen) atoms. The molecule has 1 aliphatic rings. The van der Waals surface area contributed by atoms with Crippen molar-refractivity contribution in [2.75, 3.05) is 57.0 Å². The van der Waals surface area contributed by atoms with Gasteiger partial charge in [0.1, 0.15) is 5.82 Å². The molecule has 1 saturated heterocycles. The van der Waals surface area contributed by atoms with Crippen molar-refractivity contribution in [3.05, 3.63) is 45.9 Å². The van der Waals surface area contributed by atoms with E-state index in [1.807, 2.05) is 37.4 Å². The number of piperazine rings is 1. The molecular formula is C21H29Cl2N5O. The monoisotopic (exact) mass is 437 g/mol. The SMILES string of the molecule is CNCc1ccc(OCCCCN2CCN(c3cccc(Cl)c3Cl)CC2)nc1N. The summed E-state index contributed by atoms with van der Waals surface area (Å²) in [6, 6.07) is 9.65. The summed E-state index contributed by atoms with van der Waals surface area (Å²) in [5, 5.41) is 4.33. The van der Waals surface area contributed by atoms with Gasteiger partial charge in [-0.15, -0.1) is 0 Å². The maximum Gasteiger partial charge on any atom is 0.215 e. The van der Waals surface area contributed by atoms with Crippen molar-refractivity contribution in [2.45, 2.75) is 19.4 Å². The van der Waals surface area contributed by atoms with E-state index in [-0.39, 0.29) is 0 Å². The third-order valence-corrected chi connectivity index (χ3v) is 5.93. The fraction of sp³-hybridized carbons (Fsp3) is 0.476. The van der Waals surface area contributed by atoms with Crippen molar-refractivity contribution >= 4 is 34.7 Å². The third kappa shape index (κ3) is 6.12. The van der Waals surface area contributed by atoms with Gasteiger partial charge in [-0.2, -0.15) is 4.98 Å². The van der Waals surface area contributed by atoms with Crippen molar-refractivity contribution in [2.24, 2.45) is 0 Å². The number of hydrogen-bond donors (Lipinski definition) is 2. The molecule has 0 spiro atoms. The molecule has 0 aliphatic carbocycles. The smallest absolute Gasteiger partial charge is 0.215 e. The summed E-state index contributed by atoms with van der Waals surface area (Å²) in [6.45, 7) is 6.38. The van der Waals surface area contributed by atoms with Gasteiger partial charge in [0.2, 0.25) is 5.88 Å².